The Hall–Kier alpha value is -2.62. The van der Waals surface area contributed by atoms with Crippen molar-refractivity contribution in [1.29, 1.82) is 0 Å². The summed E-state index contributed by atoms with van der Waals surface area (Å²) in [6.07, 6.45) is 1.54. The minimum atomic E-state index is -0.306. The number of carbonyl (C=O) groups excluding carboxylic acids is 1. The van der Waals surface area contributed by atoms with Gasteiger partial charge in [-0.3, -0.25) is 0 Å². The van der Waals surface area contributed by atoms with E-state index in [1.54, 1.807) is 18.2 Å². The van der Waals surface area contributed by atoms with Gasteiger partial charge in [0, 0.05) is 11.6 Å². The van der Waals surface area contributed by atoms with Crippen LogP contribution in [0.2, 0.25) is 0 Å². The van der Waals surface area contributed by atoms with Crippen LogP contribution < -0.4 is 5.32 Å². The quantitative estimate of drug-likeness (QED) is 0.900. The van der Waals surface area contributed by atoms with Crippen LogP contribution in [-0.4, -0.2) is 16.8 Å². The lowest BCUT2D eigenvalue weighted by molar-refractivity contribution is 0.239. The SMILES string of the molecule is CCC1=NC(=O)NC(c2cccc(O)c2)C1Cc1ccccc1. The van der Waals surface area contributed by atoms with Crippen LogP contribution in [0.25, 0.3) is 0 Å². The Bertz CT molecular complexity index is 725. The Balaban J connectivity index is 1.97. The normalized spacial score (nSPS) is 20.7. The summed E-state index contributed by atoms with van der Waals surface area (Å²) in [7, 11) is 0. The molecule has 2 aromatic carbocycles. The van der Waals surface area contributed by atoms with Crippen molar-refractivity contribution in [3.8, 4) is 5.75 Å². The third kappa shape index (κ3) is 3.42. The number of phenols is 1. The zero-order valence-corrected chi connectivity index (χ0v) is 13.1. The smallest absolute Gasteiger partial charge is 0.341 e. The highest BCUT2D eigenvalue weighted by atomic mass is 16.3. The van der Waals surface area contributed by atoms with Gasteiger partial charge in [0.25, 0.3) is 0 Å². The Kier molecular flexibility index (Phi) is 4.42. The lowest BCUT2D eigenvalue weighted by Gasteiger charge is -2.32. The average molecular weight is 308 g/mol. The molecular weight excluding hydrogens is 288 g/mol. The van der Waals surface area contributed by atoms with E-state index in [4.69, 9.17) is 0 Å². The van der Waals surface area contributed by atoms with Crippen molar-refractivity contribution < 1.29 is 9.90 Å². The summed E-state index contributed by atoms with van der Waals surface area (Å²) in [6, 6.07) is 16.8. The van der Waals surface area contributed by atoms with Crippen LogP contribution in [0.4, 0.5) is 4.79 Å². The van der Waals surface area contributed by atoms with Crippen molar-refractivity contribution in [3.63, 3.8) is 0 Å². The van der Waals surface area contributed by atoms with E-state index in [0.717, 1.165) is 24.1 Å². The summed E-state index contributed by atoms with van der Waals surface area (Å²) >= 11 is 0. The average Bonchev–Trinajstić information content (AvgIpc) is 2.57. The molecule has 2 atom stereocenters. The predicted molar refractivity (Wildman–Crippen MR) is 90.7 cm³/mol. The topological polar surface area (TPSA) is 61.7 Å². The summed E-state index contributed by atoms with van der Waals surface area (Å²) < 4.78 is 0. The van der Waals surface area contributed by atoms with Gasteiger partial charge in [-0.15, -0.1) is 0 Å². The molecule has 1 aliphatic heterocycles. The first kappa shape index (κ1) is 15.3. The molecule has 0 fully saturated rings. The number of phenolic OH excluding ortho intramolecular Hbond substituents is 1. The van der Waals surface area contributed by atoms with Crippen LogP contribution in [-0.2, 0) is 6.42 Å². The summed E-state index contributed by atoms with van der Waals surface area (Å²) in [5, 5.41) is 12.7. The number of nitrogens with zero attached hydrogens (tertiary/aromatic N) is 1. The number of nitrogens with one attached hydrogen (secondary N) is 1. The van der Waals surface area contributed by atoms with Crippen molar-refractivity contribution in [2.24, 2.45) is 10.9 Å². The second-order valence-electron chi connectivity index (χ2n) is 5.78. The minimum absolute atomic E-state index is 0.0851. The van der Waals surface area contributed by atoms with Crippen LogP contribution in [0.1, 0.15) is 30.5 Å². The van der Waals surface area contributed by atoms with E-state index in [1.807, 2.05) is 31.2 Å². The lowest BCUT2D eigenvalue weighted by atomic mass is 9.82. The first-order valence-electron chi connectivity index (χ1n) is 7.88. The molecule has 0 aromatic heterocycles. The van der Waals surface area contributed by atoms with E-state index in [1.165, 1.54) is 5.56 Å². The molecule has 2 amide bonds. The van der Waals surface area contributed by atoms with Gasteiger partial charge in [0.05, 0.1) is 6.04 Å². The number of hydrogen-bond donors (Lipinski definition) is 2. The highest BCUT2D eigenvalue weighted by Gasteiger charge is 2.32. The third-order valence-corrected chi connectivity index (χ3v) is 4.24. The molecule has 0 radical (unpaired) electrons. The van der Waals surface area contributed by atoms with Crippen molar-refractivity contribution in [2.75, 3.05) is 0 Å². The van der Waals surface area contributed by atoms with Crippen LogP contribution in [0.15, 0.2) is 59.6 Å². The molecule has 1 aliphatic rings. The molecule has 3 rings (SSSR count). The summed E-state index contributed by atoms with van der Waals surface area (Å²) in [4.78, 5) is 16.1. The van der Waals surface area contributed by atoms with Gasteiger partial charge in [-0.2, -0.15) is 0 Å². The first-order chi connectivity index (χ1) is 11.2. The molecule has 23 heavy (non-hydrogen) atoms. The van der Waals surface area contributed by atoms with Gasteiger partial charge in [-0.25, -0.2) is 9.79 Å². The van der Waals surface area contributed by atoms with E-state index in [0.29, 0.717) is 0 Å². The number of benzene rings is 2. The van der Waals surface area contributed by atoms with E-state index in [9.17, 15) is 9.90 Å². The number of urea groups is 1. The number of aromatic hydroxyl groups is 1. The van der Waals surface area contributed by atoms with E-state index < -0.39 is 0 Å². The van der Waals surface area contributed by atoms with Crippen molar-refractivity contribution in [3.05, 3.63) is 65.7 Å². The molecule has 2 N–H and O–H groups in total. The van der Waals surface area contributed by atoms with Gasteiger partial charge >= 0.3 is 6.03 Å². The largest absolute Gasteiger partial charge is 0.508 e. The Morgan fingerprint density at radius 3 is 2.61 bits per heavy atom. The van der Waals surface area contributed by atoms with Crippen LogP contribution in [0.5, 0.6) is 5.75 Å². The zero-order valence-electron chi connectivity index (χ0n) is 13.1. The molecule has 1 heterocycles. The zero-order chi connectivity index (χ0) is 16.2. The fraction of sp³-hybridized carbons (Fsp3) is 0.263. The van der Waals surface area contributed by atoms with Crippen LogP contribution in [0.3, 0.4) is 0 Å². The lowest BCUT2D eigenvalue weighted by Crippen LogP contribution is -2.41. The number of carbonyl (C=O) groups is 1. The molecule has 4 nitrogen and oxygen atoms in total. The highest BCUT2D eigenvalue weighted by Crippen LogP contribution is 2.32. The van der Waals surface area contributed by atoms with Crippen molar-refractivity contribution >= 4 is 11.7 Å². The molecule has 2 unspecified atom stereocenters. The van der Waals surface area contributed by atoms with Gasteiger partial charge in [0.2, 0.25) is 0 Å². The maximum Gasteiger partial charge on any atom is 0.341 e. The first-order valence-corrected chi connectivity index (χ1v) is 7.88. The molecule has 0 saturated heterocycles. The second kappa shape index (κ2) is 6.65. The van der Waals surface area contributed by atoms with Gasteiger partial charge in [0.1, 0.15) is 5.75 Å². The minimum Gasteiger partial charge on any atom is -0.508 e. The van der Waals surface area contributed by atoms with Crippen LogP contribution in [0, 0.1) is 5.92 Å². The Labute approximate surface area is 135 Å². The van der Waals surface area contributed by atoms with Gasteiger partial charge in [-0.1, -0.05) is 49.4 Å². The molecule has 4 heteroatoms. The van der Waals surface area contributed by atoms with Gasteiger partial charge < -0.3 is 10.4 Å². The van der Waals surface area contributed by atoms with Crippen LogP contribution >= 0.6 is 0 Å². The standard InChI is InChI=1S/C19H20N2O2/c1-2-17-16(11-13-7-4-3-5-8-13)18(21-19(23)20-17)14-9-6-10-15(22)12-14/h3-10,12,16,18,22H,2,11H2,1H3,(H,21,23). The summed E-state index contributed by atoms with van der Waals surface area (Å²) in [5.74, 6) is 0.290. The van der Waals surface area contributed by atoms with Crippen molar-refractivity contribution in [2.45, 2.75) is 25.8 Å². The number of amides is 2. The molecule has 0 spiro atoms. The Morgan fingerprint density at radius 1 is 1.13 bits per heavy atom. The number of rotatable bonds is 4. The second-order valence-corrected chi connectivity index (χ2v) is 5.78. The molecule has 2 aromatic rings. The predicted octanol–water partition coefficient (Wildman–Crippen LogP) is 3.87. The van der Waals surface area contributed by atoms with Gasteiger partial charge in [-0.05, 0) is 36.1 Å². The molecule has 0 saturated carbocycles. The van der Waals surface area contributed by atoms with Crippen molar-refractivity contribution in [1.82, 2.24) is 5.32 Å². The molecular formula is C19H20N2O2. The highest BCUT2D eigenvalue weighted by molar-refractivity contribution is 5.99. The number of hydrogen-bond acceptors (Lipinski definition) is 2. The molecule has 118 valence electrons. The van der Waals surface area contributed by atoms with E-state index in [-0.39, 0.29) is 23.7 Å². The van der Waals surface area contributed by atoms with E-state index in [2.05, 4.69) is 22.4 Å². The molecule has 0 aliphatic carbocycles. The number of aliphatic imine (C=N–C) groups is 1. The molecule has 0 bridgehead atoms. The summed E-state index contributed by atoms with van der Waals surface area (Å²) in [5.41, 5.74) is 3.02. The fourth-order valence-electron chi connectivity index (χ4n) is 3.15. The monoisotopic (exact) mass is 308 g/mol. The summed E-state index contributed by atoms with van der Waals surface area (Å²) in [6.45, 7) is 2.02. The third-order valence-electron chi connectivity index (χ3n) is 4.24. The Morgan fingerprint density at radius 2 is 1.91 bits per heavy atom. The fourth-order valence-corrected chi connectivity index (χ4v) is 3.15. The maximum atomic E-state index is 11.9. The van der Waals surface area contributed by atoms with Gasteiger partial charge in [0.15, 0.2) is 0 Å². The maximum absolute atomic E-state index is 11.9. The van der Waals surface area contributed by atoms with E-state index >= 15 is 0 Å².